The van der Waals surface area contributed by atoms with Crippen molar-refractivity contribution in [2.24, 2.45) is 17.4 Å². The van der Waals surface area contributed by atoms with Gasteiger partial charge in [0.25, 0.3) is 0 Å². The third kappa shape index (κ3) is 7.17. The highest BCUT2D eigenvalue weighted by Gasteiger charge is 2.40. The van der Waals surface area contributed by atoms with Crippen LogP contribution >= 0.6 is 0 Å². The molecule has 0 aliphatic carbocycles. The molecule has 4 amide bonds. The SMILES string of the molecule is CCC(C)C(N)C(=O)NC(CC(N)=O)C(=O)NC(C(=O)N1CCCC1C(=O)O)C(C)O. The molecule has 1 aliphatic heterocycles. The Labute approximate surface area is 180 Å². The molecule has 0 aromatic rings. The molecule has 1 heterocycles. The van der Waals surface area contributed by atoms with Crippen LogP contribution in [-0.4, -0.2) is 81.5 Å². The topological polar surface area (TPSA) is 205 Å². The Morgan fingerprint density at radius 3 is 2.23 bits per heavy atom. The summed E-state index contributed by atoms with van der Waals surface area (Å²) in [6.07, 6.45) is -0.571. The molecule has 0 saturated carbocycles. The number of primary amides is 1. The molecule has 0 bridgehead atoms. The molecule has 176 valence electrons. The van der Waals surface area contributed by atoms with Crippen LogP contribution in [0.4, 0.5) is 0 Å². The number of carboxylic acids is 1. The lowest BCUT2D eigenvalue weighted by atomic mass is 9.99. The van der Waals surface area contributed by atoms with Gasteiger partial charge in [0.2, 0.25) is 23.6 Å². The van der Waals surface area contributed by atoms with Crippen LogP contribution in [0, 0.1) is 5.92 Å². The number of carboxylic acid groups (broad SMARTS) is 1. The first-order valence-electron chi connectivity index (χ1n) is 10.3. The van der Waals surface area contributed by atoms with Crippen LogP contribution in [0.5, 0.6) is 0 Å². The van der Waals surface area contributed by atoms with Crippen molar-refractivity contribution in [3.8, 4) is 0 Å². The number of aliphatic hydroxyl groups excluding tert-OH is 1. The van der Waals surface area contributed by atoms with E-state index < -0.39 is 66.3 Å². The van der Waals surface area contributed by atoms with Gasteiger partial charge in [-0.2, -0.15) is 0 Å². The van der Waals surface area contributed by atoms with Crippen LogP contribution in [0.15, 0.2) is 0 Å². The molecule has 1 aliphatic rings. The summed E-state index contributed by atoms with van der Waals surface area (Å²) >= 11 is 0. The maximum absolute atomic E-state index is 12.8. The van der Waals surface area contributed by atoms with Crippen molar-refractivity contribution in [1.82, 2.24) is 15.5 Å². The van der Waals surface area contributed by atoms with E-state index >= 15 is 0 Å². The quantitative estimate of drug-likeness (QED) is 0.203. The molecule has 31 heavy (non-hydrogen) atoms. The Kier molecular flexibility index (Phi) is 9.85. The fraction of sp³-hybridized carbons (Fsp3) is 0.737. The van der Waals surface area contributed by atoms with Gasteiger partial charge < -0.3 is 37.2 Å². The molecule has 1 rings (SSSR count). The molecule has 0 aromatic carbocycles. The Bertz CT molecular complexity index is 699. The van der Waals surface area contributed by atoms with E-state index in [1.807, 2.05) is 6.92 Å². The first kappa shape index (κ1) is 26.3. The highest BCUT2D eigenvalue weighted by atomic mass is 16.4. The van der Waals surface area contributed by atoms with Crippen molar-refractivity contribution < 1.29 is 34.2 Å². The van der Waals surface area contributed by atoms with Gasteiger partial charge in [-0.1, -0.05) is 20.3 Å². The molecule has 1 saturated heterocycles. The summed E-state index contributed by atoms with van der Waals surface area (Å²) in [6.45, 7) is 5.02. The van der Waals surface area contributed by atoms with Gasteiger partial charge >= 0.3 is 5.97 Å². The standard InChI is InChI=1S/C19H33N5O7/c1-4-9(2)14(21)17(28)22-11(8-13(20)26)16(27)23-15(10(3)25)18(29)24-7-5-6-12(24)19(30)31/h9-12,14-15,25H,4-8,21H2,1-3H3,(H2,20,26)(H,22,28)(H,23,27)(H,30,31). The lowest BCUT2D eigenvalue weighted by molar-refractivity contribution is -0.151. The smallest absolute Gasteiger partial charge is 0.326 e. The molecular formula is C19H33N5O7. The lowest BCUT2D eigenvalue weighted by Gasteiger charge is -2.30. The predicted molar refractivity (Wildman–Crippen MR) is 109 cm³/mol. The Balaban J connectivity index is 2.99. The first-order valence-corrected chi connectivity index (χ1v) is 10.3. The van der Waals surface area contributed by atoms with Crippen LogP contribution in [0.25, 0.3) is 0 Å². The summed E-state index contributed by atoms with van der Waals surface area (Å²) in [5, 5.41) is 24.0. The van der Waals surface area contributed by atoms with E-state index in [1.165, 1.54) is 6.92 Å². The van der Waals surface area contributed by atoms with E-state index in [1.54, 1.807) is 6.92 Å². The maximum atomic E-state index is 12.8. The van der Waals surface area contributed by atoms with Crippen molar-refractivity contribution in [1.29, 1.82) is 0 Å². The highest BCUT2D eigenvalue weighted by molar-refractivity contribution is 5.96. The van der Waals surface area contributed by atoms with E-state index in [0.717, 1.165) is 4.90 Å². The largest absolute Gasteiger partial charge is 0.480 e. The summed E-state index contributed by atoms with van der Waals surface area (Å²) in [6, 6.07) is -4.87. The van der Waals surface area contributed by atoms with Gasteiger partial charge in [-0.3, -0.25) is 19.2 Å². The van der Waals surface area contributed by atoms with Gasteiger partial charge in [-0.25, -0.2) is 4.79 Å². The van der Waals surface area contributed by atoms with Gasteiger partial charge in [-0.05, 0) is 25.7 Å². The van der Waals surface area contributed by atoms with E-state index in [9.17, 15) is 34.2 Å². The zero-order valence-corrected chi connectivity index (χ0v) is 18.0. The Hall–Kier alpha value is -2.73. The van der Waals surface area contributed by atoms with Crippen molar-refractivity contribution in [3.05, 3.63) is 0 Å². The molecule has 0 radical (unpaired) electrons. The minimum atomic E-state index is -1.47. The molecule has 1 fully saturated rings. The first-order chi connectivity index (χ1) is 14.4. The third-order valence-corrected chi connectivity index (χ3v) is 5.47. The number of aliphatic carboxylic acids is 1. The second-order valence-electron chi connectivity index (χ2n) is 7.90. The van der Waals surface area contributed by atoms with Crippen molar-refractivity contribution in [2.75, 3.05) is 6.54 Å². The summed E-state index contributed by atoms with van der Waals surface area (Å²) in [7, 11) is 0. The Morgan fingerprint density at radius 2 is 1.74 bits per heavy atom. The zero-order valence-electron chi connectivity index (χ0n) is 18.0. The second kappa shape index (κ2) is 11.6. The van der Waals surface area contributed by atoms with Crippen LogP contribution in [0.1, 0.15) is 46.5 Å². The number of nitrogens with one attached hydrogen (secondary N) is 2. The van der Waals surface area contributed by atoms with Gasteiger partial charge in [0.15, 0.2) is 0 Å². The molecule has 6 unspecified atom stereocenters. The fourth-order valence-electron chi connectivity index (χ4n) is 3.30. The fourth-order valence-corrected chi connectivity index (χ4v) is 3.30. The van der Waals surface area contributed by atoms with Crippen LogP contribution in [0.2, 0.25) is 0 Å². The number of nitrogens with two attached hydrogens (primary N) is 2. The van der Waals surface area contributed by atoms with Gasteiger partial charge in [0.1, 0.15) is 18.1 Å². The van der Waals surface area contributed by atoms with Crippen LogP contribution in [0.3, 0.4) is 0 Å². The van der Waals surface area contributed by atoms with Gasteiger partial charge in [0.05, 0.1) is 18.6 Å². The average molecular weight is 444 g/mol. The number of hydrogen-bond donors (Lipinski definition) is 6. The maximum Gasteiger partial charge on any atom is 0.326 e. The normalized spacial score (nSPS) is 20.8. The third-order valence-electron chi connectivity index (χ3n) is 5.47. The number of amides is 4. The molecule has 8 N–H and O–H groups in total. The zero-order chi connectivity index (χ0) is 23.9. The number of rotatable bonds is 11. The average Bonchev–Trinajstić information content (AvgIpc) is 3.19. The van der Waals surface area contributed by atoms with Crippen molar-refractivity contribution in [3.63, 3.8) is 0 Å². The monoisotopic (exact) mass is 443 g/mol. The second-order valence-corrected chi connectivity index (χ2v) is 7.90. The van der Waals surface area contributed by atoms with Gasteiger partial charge in [0, 0.05) is 6.54 Å². The van der Waals surface area contributed by atoms with Crippen LogP contribution in [-0.2, 0) is 24.0 Å². The predicted octanol–water partition coefficient (Wildman–Crippen LogP) is -2.34. The van der Waals surface area contributed by atoms with E-state index in [-0.39, 0.29) is 18.9 Å². The number of carbonyl (C=O) groups excluding carboxylic acids is 4. The number of nitrogens with zero attached hydrogens (tertiary/aromatic N) is 1. The molecule has 6 atom stereocenters. The molecule has 12 heteroatoms. The number of likely N-dealkylation sites (tertiary alicyclic amines) is 1. The summed E-state index contributed by atoms with van der Waals surface area (Å²) < 4.78 is 0. The highest BCUT2D eigenvalue weighted by Crippen LogP contribution is 2.19. The molecule has 0 aromatic heterocycles. The minimum Gasteiger partial charge on any atom is -0.480 e. The number of carbonyl (C=O) groups is 5. The van der Waals surface area contributed by atoms with E-state index in [4.69, 9.17) is 11.5 Å². The molecule has 0 spiro atoms. The molecule has 12 nitrogen and oxygen atoms in total. The van der Waals surface area contributed by atoms with Crippen LogP contribution < -0.4 is 22.1 Å². The summed E-state index contributed by atoms with van der Waals surface area (Å²) in [5.41, 5.74) is 11.0. The Morgan fingerprint density at radius 1 is 1.13 bits per heavy atom. The summed E-state index contributed by atoms with van der Waals surface area (Å²) in [4.78, 5) is 61.8. The summed E-state index contributed by atoms with van der Waals surface area (Å²) in [5.74, 6) is -4.60. The minimum absolute atomic E-state index is 0.167. The van der Waals surface area contributed by atoms with Gasteiger partial charge in [-0.15, -0.1) is 0 Å². The lowest BCUT2D eigenvalue weighted by Crippen LogP contribution is -2.60. The number of hydrogen-bond acceptors (Lipinski definition) is 7. The molecular weight excluding hydrogens is 410 g/mol. The van der Waals surface area contributed by atoms with Crippen molar-refractivity contribution >= 4 is 29.6 Å². The number of aliphatic hydroxyl groups is 1. The van der Waals surface area contributed by atoms with E-state index in [0.29, 0.717) is 12.8 Å². The van der Waals surface area contributed by atoms with E-state index in [2.05, 4.69) is 10.6 Å². The van der Waals surface area contributed by atoms with Crippen molar-refractivity contribution in [2.45, 2.75) is 76.7 Å².